The number of benzene rings is 1. The standard InChI is InChI=1S/C15H13F3N2/c16-15(17,18)14-6-5-12(9-19-14)20-13-7-10-3-1-2-4-11(10)8-13/h1-6,9,13,20H,7-8H2. The predicted octanol–water partition coefficient (Wildman–Crippen LogP) is 3.68. The van der Waals surface area contributed by atoms with Crippen molar-refractivity contribution in [2.24, 2.45) is 0 Å². The molecule has 2 aromatic rings. The molecule has 1 aromatic carbocycles. The van der Waals surface area contributed by atoms with Crippen LogP contribution in [0, 0.1) is 0 Å². The molecule has 2 nitrogen and oxygen atoms in total. The molecule has 5 heteroatoms. The summed E-state index contributed by atoms with van der Waals surface area (Å²) in [4.78, 5) is 3.45. The molecule has 0 saturated heterocycles. The molecule has 3 rings (SSSR count). The first-order valence-electron chi connectivity index (χ1n) is 6.39. The fourth-order valence-corrected chi connectivity index (χ4v) is 2.54. The van der Waals surface area contributed by atoms with E-state index >= 15 is 0 Å². The SMILES string of the molecule is FC(F)(F)c1ccc(NC2Cc3ccccc3C2)cn1. The average Bonchev–Trinajstić information content (AvgIpc) is 2.80. The molecule has 0 saturated carbocycles. The molecular weight excluding hydrogens is 265 g/mol. The molecule has 0 aliphatic heterocycles. The third-order valence-corrected chi connectivity index (χ3v) is 3.48. The predicted molar refractivity (Wildman–Crippen MR) is 70.5 cm³/mol. The van der Waals surface area contributed by atoms with Gasteiger partial charge in [-0.15, -0.1) is 0 Å². The van der Waals surface area contributed by atoms with Gasteiger partial charge >= 0.3 is 6.18 Å². The number of pyridine rings is 1. The minimum atomic E-state index is -4.39. The maximum absolute atomic E-state index is 12.4. The zero-order valence-electron chi connectivity index (χ0n) is 10.6. The molecule has 1 aromatic heterocycles. The normalized spacial score (nSPS) is 15.2. The van der Waals surface area contributed by atoms with E-state index in [0.29, 0.717) is 5.69 Å². The molecule has 1 heterocycles. The Hall–Kier alpha value is -2.04. The molecular formula is C15H13F3N2. The highest BCUT2D eigenvalue weighted by atomic mass is 19.4. The van der Waals surface area contributed by atoms with Crippen LogP contribution in [0.2, 0.25) is 0 Å². The maximum atomic E-state index is 12.4. The van der Waals surface area contributed by atoms with Crippen LogP contribution in [0.3, 0.4) is 0 Å². The zero-order chi connectivity index (χ0) is 14.2. The van der Waals surface area contributed by atoms with Crippen LogP contribution < -0.4 is 5.32 Å². The minimum Gasteiger partial charge on any atom is -0.380 e. The van der Waals surface area contributed by atoms with Gasteiger partial charge < -0.3 is 5.32 Å². The van der Waals surface area contributed by atoms with Crippen LogP contribution in [0.25, 0.3) is 0 Å². The number of fused-ring (bicyclic) bond motifs is 1. The van der Waals surface area contributed by atoms with Crippen LogP contribution in [0.5, 0.6) is 0 Å². The van der Waals surface area contributed by atoms with Gasteiger partial charge in [0.1, 0.15) is 5.69 Å². The van der Waals surface area contributed by atoms with Gasteiger partial charge in [0, 0.05) is 6.04 Å². The molecule has 104 valence electrons. The zero-order valence-corrected chi connectivity index (χ0v) is 10.6. The van der Waals surface area contributed by atoms with Crippen LogP contribution in [0.1, 0.15) is 16.8 Å². The number of halogens is 3. The Morgan fingerprint density at radius 2 is 1.65 bits per heavy atom. The monoisotopic (exact) mass is 278 g/mol. The molecule has 1 aliphatic carbocycles. The van der Waals surface area contributed by atoms with Crippen LogP contribution in [-0.4, -0.2) is 11.0 Å². The molecule has 20 heavy (non-hydrogen) atoms. The highest BCUT2D eigenvalue weighted by Gasteiger charge is 2.32. The Balaban J connectivity index is 1.68. The van der Waals surface area contributed by atoms with E-state index in [0.717, 1.165) is 18.9 Å². The quantitative estimate of drug-likeness (QED) is 0.906. The Kier molecular flexibility index (Phi) is 3.12. The molecule has 0 amide bonds. The van der Waals surface area contributed by atoms with E-state index in [1.165, 1.54) is 23.4 Å². The van der Waals surface area contributed by atoms with Gasteiger partial charge in [0.25, 0.3) is 0 Å². The van der Waals surface area contributed by atoms with Gasteiger partial charge in [-0.1, -0.05) is 24.3 Å². The van der Waals surface area contributed by atoms with Gasteiger partial charge in [-0.25, -0.2) is 4.98 Å². The smallest absolute Gasteiger partial charge is 0.380 e. The fourth-order valence-electron chi connectivity index (χ4n) is 2.54. The molecule has 0 fully saturated rings. The first kappa shape index (κ1) is 13.0. The van der Waals surface area contributed by atoms with E-state index in [1.807, 2.05) is 12.1 Å². The van der Waals surface area contributed by atoms with Gasteiger partial charge in [0.2, 0.25) is 0 Å². The summed E-state index contributed by atoms with van der Waals surface area (Å²) in [6, 6.07) is 10.8. The number of aromatic nitrogens is 1. The van der Waals surface area contributed by atoms with Crippen molar-refractivity contribution in [3.05, 3.63) is 59.4 Å². The summed E-state index contributed by atoms with van der Waals surface area (Å²) in [6.45, 7) is 0. The summed E-state index contributed by atoms with van der Waals surface area (Å²) in [6.07, 6.45) is -1.37. The average molecular weight is 278 g/mol. The molecule has 1 aliphatic rings. The molecule has 0 unspecified atom stereocenters. The van der Waals surface area contributed by atoms with Gasteiger partial charge in [0.05, 0.1) is 11.9 Å². The first-order valence-corrected chi connectivity index (χ1v) is 6.39. The fraction of sp³-hybridized carbons (Fsp3) is 0.267. The second-order valence-corrected chi connectivity index (χ2v) is 4.95. The van der Waals surface area contributed by atoms with Crippen molar-refractivity contribution in [2.45, 2.75) is 25.1 Å². The highest BCUT2D eigenvalue weighted by Crippen LogP contribution is 2.29. The van der Waals surface area contributed by atoms with Crippen molar-refractivity contribution in [3.8, 4) is 0 Å². The maximum Gasteiger partial charge on any atom is 0.433 e. The number of rotatable bonds is 2. The van der Waals surface area contributed by atoms with Gasteiger partial charge in [0.15, 0.2) is 0 Å². The van der Waals surface area contributed by atoms with Gasteiger partial charge in [-0.2, -0.15) is 13.2 Å². The number of nitrogens with one attached hydrogen (secondary N) is 1. The lowest BCUT2D eigenvalue weighted by molar-refractivity contribution is -0.141. The van der Waals surface area contributed by atoms with Crippen molar-refractivity contribution >= 4 is 5.69 Å². The van der Waals surface area contributed by atoms with E-state index in [2.05, 4.69) is 22.4 Å². The van der Waals surface area contributed by atoms with E-state index in [9.17, 15) is 13.2 Å². The van der Waals surface area contributed by atoms with Crippen LogP contribution in [-0.2, 0) is 19.0 Å². The lowest BCUT2D eigenvalue weighted by Gasteiger charge is -2.14. The van der Waals surface area contributed by atoms with E-state index in [-0.39, 0.29) is 6.04 Å². The summed E-state index contributed by atoms with van der Waals surface area (Å²) in [7, 11) is 0. The van der Waals surface area contributed by atoms with Crippen molar-refractivity contribution in [3.63, 3.8) is 0 Å². The van der Waals surface area contributed by atoms with E-state index in [4.69, 9.17) is 0 Å². The topological polar surface area (TPSA) is 24.9 Å². The van der Waals surface area contributed by atoms with Crippen molar-refractivity contribution in [1.82, 2.24) is 4.98 Å². The highest BCUT2D eigenvalue weighted by molar-refractivity contribution is 5.45. The number of nitrogens with zero attached hydrogens (tertiary/aromatic N) is 1. The van der Waals surface area contributed by atoms with Crippen molar-refractivity contribution in [2.75, 3.05) is 5.32 Å². The van der Waals surface area contributed by atoms with Crippen molar-refractivity contribution in [1.29, 1.82) is 0 Å². The van der Waals surface area contributed by atoms with Crippen LogP contribution >= 0.6 is 0 Å². The third kappa shape index (κ3) is 2.61. The van der Waals surface area contributed by atoms with Crippen molar-refractivity contribution < 1.29 is 13.2 Å². The second kappa shape index (κ2) is 4.81. The summed E-state index contributed by atoms with van der Waals surface area (Å²) in [5.74, 6) is 0. The molecule has 0 spiro atoms. The Labute approximate surface area is 114 Å². The van der Waals surface area contributed by atoms with Crippen LogP contribution in [0.4, 0.5) is 18.9 Å². The number of anilines is 1. The lowest BCUT2D eigenvalue weighted by Crippen LogP contribution is -2.19. The van der Waals surface area contributed by atoms with E-state index < -0.39 is 11.9 Å². The molecule has 0 atom stereocenters. The second-order valence-electron chi connectivity index (χ2n) is 4.95. The Morgan fingerprint density at radius 3 is 2.15 bits per heavy atom. The number of hydrogen-bond acceptors (Lipinski definition) is 2. The number of hydrogen-bond donors (Lipinski definition) is 1. The summed E-state index contributed by atoms with van der Waals surface area (Å²) >= 11 is 0. The summed E-state index contributed by atoms with van der Waals surface area (Å²) in [5.41, 5.74) is 2.35. The Bertz CT molecular complexity index is 580. The molecule has 0 bridgehead atoms. The Morgan fingerprint density at radius 1 is 1.00 bits per heavy atom. The van der Waals surface area contributed by atoms with Gasteiger partial charge in [-0.3, -0.25) is 0 Å². The van der Waals surface area contributed by atoms with Crippen LogP contribution in [0.15, 0.2) is 42.6 Å². The third-order valence-electron chi connectivity index (χ3n) is 3.48. The molecule has 0 radical (unpaired) electrons. The first-order chi connectivity index (χ1) is 9.52. The van der Waals surface area contributed by atoms with E-state index in [1.54, 1.807) is 0 Å². The summed E-state index contributed by atoms with van der Waals surface area (Å²) in [5, 5.41) is 3.24. The minimum absolute atomic E-state index is 0.214. The number of alkyl halides is 3. The molecule has 1 N–H and O–H groups in total. The van der Waals surface area contributed by atoms with Gasteiger partial charge in [-0.05, 0) is 36.1 Å². The largest absolute Gasteiger partial charge is 0.433 e. The summed E-state index contributed by atoms with van der Waals surface area (Å²) < 4.78 is 37.3. The lowest BCUT2D eigenvalue weighted by atomic mass is 10.1.